The Balaban J connectivity index is 1.79. The molecule has 280 valence electrons. The molecule has 1 aliphatic carbocycles. The standard InChI is InChI=1S/C51H56N4/c1-36(2)44-32-21-22-33-45(37(3)4)48(44)52-50(40-24-13-9-14-25-40)54(42-28-17-11-18-29-42)55(43-30-19-12-20-31-43)51(41-26-15-10-16-27-41)53-49-46(38(5)6)34-23-35-47(49)39(7)8/h9-21,23-39H,22H2,1-8H3. The van der Waals surface area contributed by atoms with E-state index in [1.807, 2.05) is 0 Å². The molecule has 0 radical (unpaired) electrons. The van der Waals surface area contributed by atoms with E-state index >= 15 is 0 Å². The van der Waals surface area contributed by atoms with E-state index in [2.05, 4.69) is 223 Å². The molecule has 5 aromatic rings. The van der Waals surface area contributed by atoms with Crippen molar-refractivity contribution in [3.63, 3.8) is 0 Å². The Morgan fingerprint density at radius 1 is 0.473 bits per heavy atom. The maximum absolute atomic E-state index is 5.87. The third kappa shape index (κ3) is 8.98. The molecular formula is C51H56N4. The Morgan fingerprint density at radius 3 is 1.33 bits per heavy atom. The first-order valence-corrected chi connectivity index (χ1v) is 19.9. The van der Waals surface area contributed by atoms with Gasteiger partial charge < -0.3 is 0 Å². The van der Waals surface area contributed by atoms with Crippen LogP contribution < -0.4 is 10.0 Å². The summed E-state index contributed by atoms with van der Waals surface area (Å²) in [4.78, 5) is 11.7. The lowest BCUT2D eigenvalue weighted by molar-refractivity contribution is 0.740. The van der Waals surface area contributed by atoms with E-state index in [0.29, 0.717) is 0 Å². The van der Waals surface area contributed by atoms with E-state index < -0.39 is 0 Å². The molecule has 1 aliphatic rings. The summed E-state index contributed by atoms with van der Waals surface area (Å²) >= 11 is 0. The Labute approximate surface area is 330 Å². The number of rotatable bonds is 10. The summed E-state index contributed by atoms with van der Waals surface area (Å²) < 4.78 is 0. The number of allylic oxidation sites excluding steroid dienone is 5. The van der Waals surface area contributed by atoms with E-state index in [1.165, 1.54) is 22.3 Å². The van der Waals surface area contributed by atoms with Crippen molar-refractivity contribution in [1.29, 1.82) is 0 Å². The Morgan fingerprint density at radius 2 is 0.909 bits per heavy atom. The zero-order valence-corrected chi connectivity index (χ0v) is 33.8. The number of hydrazine groups is 1. The molecule has 0 N–H and O–H groups in total. The molecule has 0 saturated heterocycles. The molecule has 0 bridgehead atoms. The minimum atomic E-state index is 0.270. The first kappa shape index (κ1) is 39.0. The maximum atomic E-state index is 5.87. The first-order chi connectivity index (χ1) is 26.7. The number of aliphatic imine (C=N–C) groups is 2. The predicted octanol–water partition coefficient (Wildman–Crippen LogP) is 13.8. The quantitative estimate of drug-likeness (QED) is 0.0816. The van der Waals surface area contributed by atoms with Gasteiger partial charge in [0.15, 0.2) is 11.7 Å². The Kier molecular flexibility index (Phi) is 12.8. The van der Waals surface area contributed by atoms with Crippen LogP contribution in [0.4, 0.5) is 17.1 Å². The van der Waals surface area contributed by atoms with Crippen LogP contribution in [0.25, 0.3) is 0 Å². The monoisotopic (exact) mass is 724 g/mol. The van der Waals surface area contributed by atoms with E-state index in [4.69, 9.17) is 9.98 Å². The highest BCUT2D eigenvalue weighted by Crippen LogP contribution is 2.38. The van der Waals surface area contributed by atoms with Gasteiger partial charge in [-0.1, -0.05) is 189 Å². The fourth-order valence-corrected chi connectivity index (χ4v) is 7.14. The number of hydrogen-bond acceptors (Lipinski definition) is 2. The lowest BCUT2D eigenvalue weighted by atomic mass is 9.92. The summed E-state index contributed by atoms with van der Waals surface area (Å²) in [5.74, 6) is 2.70. The van der Waals surface area contributed by atoms with Gasteiger partial charge in [-0.3, -0.25) is 0 Å². The van der Waals surface area contributed by atoms with Gasteiger partial charge in [-0.25, -0.2) is 20.0 Å². The summed E-state index contributed by atoms with van der Waals surface area (Å²) in [5, 5.41) is 4.56. The van der Waals surface area contributed by atoms with Gasteiger partial charge in [-0.15, -0.1) is 0 Å². The normalized spacial score (nSPS) is 13.9. The lowest BCUT2D eigenvalue weighted by Crippen LogP contribution is -2.51. The van der Waals surface area contributed by atoms with Crippen molar-refractivity contribution in [2.24, 2.45) is 21.8 Å². The maximum Gasteiger partial charge on any atom is 0.160 e. The molecule has 4 heteroatoms. The SMILES string of the molecule is CC(C)C1=CCC=CC(C(C)C)=C1N=C(c1ccccc1)N(c1ccccc1)N(C(=Nc1c(C(C)C)cccc1C(C)C)c1ccccc1)c1ccccc1. The number of hydrogen-bond donors (Lipinski definition) is 0. The zero-order valence-electron chi connectivity index (χ0n) is 33.8. The van der Waals surface area contributed by atoms with Crippen molar-refractivity contribution in [3.8, 4) is 0 Å². The fraction of sp³-hybridized carbons (Fsp3) is 0.255. The van der Waals surface area contributed by atoms with Crippen molar-refractivity contribution < 1.29 is 0 Å². The highest BCUT2D eigenvalue weighted by molar-refractivity contribution is 6.21. The second-order valence-electron chi connectivity index (χ2n) is 15.4. The van der Waals surface area contributed by atoms with Gasteiger partial charge in [0.2, 0.25) is 0 Å². The van der Waals surface area contributed by atoms with Crippen LogP contribution in [0.3, 0.4) is 0 Å². The van der Waals surface area contributed by atoms with Crippen molar-refractivity contribution in [3.05, 3.63) is 197 Å². The zero-order chi connectivity index (χ0) is 38.9. The molecule has 0 unspecified atom stereocenters. The van der Waals surface area contributed by atoms with Crippen molar-refractivity contribution in [1.82, 2.24) is 0 Å². The fourth-order valence-electron chi connectivity index (χ4n) is 7.14. The second-order valence-corrected chi connectivity index (χ2v) is 15.4. The van der Waals surface area contributed by atoms with Gasteiger partial charge in [0.25, 0.3) is 0 Å². The molecule has 5 aromatic carbocycles. The van der Waals surface area contributed by atoms with Gasteiger partial charge in [0.05, 0.1) is 22.8 Å². The molecule has 55 heavy (non-hydrogen) atoms. The van der Waals surface area contributed by atoms with Gasteiger partial charge in [-0.05, 0) is 76.6 Å². The molecule has 0 aliphatic heterocycles. The molecule has 0 atom stereocenters. The smallest absolute Gasteiger partial charge is 0.160 e. The molecular weight excluding hydrogens is 669 g/mol. The van der Waals surface area contributed by atoms with Crippen LogP contribution in [-0.2, 0) is 0 Å². The number of para-hydroxylation sites is 3. The third-order valence-corrected chi connectivity index (χ3v) is 10.0. The van der Waals surface area contributed by atoms with E-state index in [0.717, 1.165) is 52.0 Å². The van der Waals surface area contributed by atoms with Crippen LogP contribution in [-0.4, -0.2) is 11.7 Å². The Bertz CT molecular complexity index is 2150. The van der Waals surface area contributed by atoms with Crippen LogP contribution in [0.2, 0.25) is 0 Å². The van der Waals surface area contributed by atoms with Crippen molar-refractivity contribution >= 4 is 28.7 Å². The van der Waals surface area contributed by atoms with Crippen molar-refractivity contribution in [2.75, 3.05) is 10.0 Å². The van der Waals surface area contributed by atoms with Crippen LogP contribution in [0.5, 0.6) is 0 Å². The number of benzene rings is 5. The summed E-state index contributed by atoms with van der Waals surface area (Å²) in [6.07, 6.45) is 7.78. The molecule has 0 saturated carbocycles. The topological polar surface area (TPSA) is 31.2 Å². The van der Waals surface area contributed by atoms with Crippen LogP contribution in [0.1, 0.15) is 95.9 Å². The molecule has 0 fully saturated rings. The summed E-state index contributed by atoms with van der Waals surface area (Å²) in [6.45, 7) is 18.1. The molecule has 4 nitrogen and oxygen atoms in total. The van der Waals surface area contributed by atoms with Crippen molar-refractivity contribution in [2.45, 2.75) is 73.6 Å². The number of amidine groups is 2. The average molecular weight is 725 g/mol. The van der Waals surface area contributed by atoms with Crippen LogP contribution in [0.15, 0.2) is 185 Å². The highest BCUT2D eigenvalue weighted by Gasteiger charge is 2.31. The van der Waals surface area contributed by atoms with E-state index in [9.17, 15) is 0 Å². The third-order valence-electron chi connectivity index (χ3n) is 10.0. The number of anilines is 2. The average Bonchev–Trinajstić information content (AvgIpc) is 3.42. The lowest BCUT2D eigenvalue weighted by Gasteiger charge is -2.40. The summed E-state index contributed by atoms with van der Waals surface area (Å²) in [7, 11) is 0. The highest BCUT2D eigenvalue weighted by atomic mass is 15.7. The van der Waals surface area contributed by atoms with Gasteiger partial charge in [0.1, 0.15) is 0 Å². The molecule has 0 spiro atoms. The van der Waals surface area contributed by atoms with Gasteiger partial charge >= 0.3 is 0 Å². The predicted molar refractivity (Wildman–Crippen MR) is 237 cm³/mol. The largest absolute Gasteiger partial charge is 0.229 e. The summed E-state index contributed by atoms with van der Waals surface area (Å²) in [5.41, 5.74) is 10.9. The molecule has 0 heterocycles. The van der Waals surface area contributed by atoms with Crippen LogP contribution >= 0.6 is 0 Å². The van der Waals surface area contributed by atoms with Gasteiger partial charge in [-0.2, -0.15) is 0 Å². The molecule has 0 amide bonds. The summed E-state index contributed by atoms with van der Waals surface area (Å²) in [6, 6.07) is 49.1. The van der Waals surface area contributed by atoms with E-state index in [1.54, 1.807) is 0 Å². The molecule has 0 aromatic heterocycles. The first-order valence-electron chi connectivity index (χ1n) is 19.9. The second kappa shape index (κ2) is 18.1. The van der Waals surface area contributed by atoms with Crippen LogP contribution in [0, 0.1) is 11.8 Å². The van der Waals surface area contributed by atoms with E-state index in [-0.39, 0.29) is 23.7 Å². The molecule has 6 rings (SSSR count). The number of nitrogens with zero attached hydrogens (tertiary/aromatic N) is 4. The minimum absolute atomic E-state index is 0.270. The minimum Gasteiger partial charge on any atom is -0.229 e. The van der Waals surface area contributed by atoms with Gasteiger partial charge in [0, 0.05) is 11.1 Å². The Hall–Kier alpha value is -5.74.